The summed E-state index contributed by atoms with van der Waals surface area (Å²) in [6.45, 7) is 4.29. The zero-order valence-corrected chi connectivity index (χ0v) is 14.0. The van der Waals surface area contributed by atoms with Crippen molar-refractivity contribution in [2.45, 2.75) is 30.3 Å². The number of rotatable bonds is 5. The van der Waals surface area contributed by atoms with Crippen molar-refractivity contribution in [2.24, 2.45) is 0 Å². The third-order valence-electron chi connectivity index (χ3n) is 4.32. The molecule has 5 nitrogen and oxygen atoms in total. The van der Waals surface area contributed by atoms with Gasteiger partial charge in [-0.05, 0) is 38.1 Å². The van der Waals surface area contributed by atoms with Crippen molar-refractivity contribution in [3.8, 4) is 0 Å². The summed E-state index contributed by atoms with van der Waals surface area (Å²) >= 11 is 0. The highest BCUT2D eigenvalue weighted by Gasteiger charge is 2.26. The SMILES string of the molecule is CNC1CCN(C(C)c2ccc(S(=O)(=O)N(C)C)cc2)C1. The lowest BCUT2D eigenvalue weighted by Gasteiger charge is -2.25. The van der Waals surface area contributed by atoms with Crippen molar-refractivity contribution < 1.29 is 8.42 Å². The van der Waals surface area contributed by atoms with Crippen LogP contribution in [0, 0.1) is 0 Å². The minimum atomic E-state index is -3.34. The van der Waals surface area contributed by atoms with Crippen LogP contribution in [0.2, 0.25) is 0 Å². The minimum Gasteiger partial charge on any atom is -0.316 e. The lowest BCUT2D eigenvalue weighted by molar-refractivity contribution is 0.257. The highest BCUT2D eigenvalue weighted by atomic mass is 32.2. The number of likely N-dealkylation sites (N-methyl/N-ethyl adjacent to an activating group) is 1. The molecule has 0 amide bonds. The van der Waals surface area contributed by atoms with E-state index in [1.807, 2.05) is 19.2 Å². The first-order valence-electron chi connectivity index (χ1n) is 7.30. The van der Waals surface area contributed by atoms with Crippen LogP contribution in [0.5, 0.6) is 0 Å². The van der Waals surface area contributed by atoms with Gasteiger partial charge in [-0.3, -0.25) is 4.90 Å². The van der Waals surface area contributed by atoms with E-state index >= 15 is 0 Å². The fourth-order valence-electron chi connectivity index (χ4n) is 2.71. The van der Waals surface area contributed by atoms with Crippen molar-refractivity contribution in [3.63, 3.8) is 0 Å². The summed E-state index contributed by atoms with van der Waals surface area (Å²) in [6, 6.07) is 8.11. The number of hydrogen-bond acceptors (Lipinski definition) is 4. The minimum absolute atomic E-state index is 0.305. The molecule has 1 saturated heterocycles. The molecule has 1 aliphatic rings. The second kappa shape index (κ2) is 6.44. The van der Waals surface area contributed by atoms with Gasteiger partial charge < -0.3 is 5.32 Å². The monoisotopic (exact) mass is 311 g/mol. The zero-order chi connectivity index (χ0) is 15.6. The summed E-state index contributed by atoms with van der Waals surface area (Å²) in [4.78, 5) is 2.77. The molecule has 118 valence electrons. The number of benzene rings is 1. The first-order chi connectivity index (χ1) is 9.86. The third-order valence-corrected chi connectivity index (χ3v) is 6.15. The van der Waals surface area contributed by atoms with E-state index in [9.17, 15) is 8.42 Å². The number of nitrogens with one attached hydrogen (secondary N) is 1. The van der Waals surface area contributed by atoms with Gasteiger partial charge in [0.25, 0.3) is 0 Å². The van der Waals surface area contributed by atoms with E-state index in [0.29, 0.717) is 17.0 Å². The number of likely N-dealkylation sites (tertiary alicyclic amines) is 1. The average molecular weight is 311 g/mol. The van der Waals surface area contributed by atoms with E-state index in [1.54, 1.807) is 26.2 Å². The molecule has 1 aromatic carbocycles. The highest BCUT2D eigenvalue weighted by molar-refractivity contribution is 7.89. The fraction of sp³-hybridized carbons (Fsp3) is 0.600. The first-order valence-corrected chi connectivity index (χ1v) is 8.74. The van der Waals surface area contributed by atoms with Crippen LogP contribution in [-0.4, -0.2) is 57.9 Å². The molecule has 1 N–H and O–H groups in total. The Hall–Kier alpha value is -0.950. The van der Waals surface area contributed by atoms with Crippen LogP contribution >= 0.6 is 0 Å². The average Bonchev–Trinajstić information content (AvgIpc) is 2.95. The molecular formula is C15H25N3O2S. The summed E-state index contributed by atoms with van der Waals surface area (Å²) in [7, 11) is 1.76. The summed E-state index contributed by atoms with van der Waals surface area (Å²) in [5.41, 5.74) is 1.16. The van der Waals surface area contributed by atoms with E-state index in [-0.39, 0.29) is 0 Å². The van der Waals surface area contributed by atoms with E-state index < -0.39 is 10.0 Å². The van der Waals surface area contributed by atoms with Crippen LogP contribution in [0.3, 0.4) is 0 Å². The molecule has 2 atom stereocenters. The Morgan fingerprint density at radius 2 is 1.90 bits per heavy atom. The Balaban J connectivity index is 2.12. The Bertz CT molecular complexity index is 569. The number of sulfonamides is 1. The standard InChI is InChI=1S/C15H25N3O2S/c1-12(18-10-9-14(11-18)16-2)13-5-7-15(8-6-13)21(19,20)17(3)4/h5-8,12,14,16H,9-11H2,1-4H3. The maximum Gasteiger partial charge on any atom is 0.242 e. The van der Waals surface area contributed by atoms with Crippen molar-refractivity contribution in [2.75, 3.05) is 34.2 Å². The molecule has 0 aromatic heterocycles. The fourth-order valence-corrected chi connectivity index (χ4v) is 3.62. The van der Waals surface area contributed by atoms with Gasteiger partial charge in [-0.15, -0.1) is 0 Å². The Labute approximate surface area is 128 Å². The van der Waals surface area contributed by atoms with E-state index in [2.05, 4.69) is 17.1 Å². The molecule has 0 saturated carbocycles. The van der Waals surface area contributed by atoms with Crippen molar-refractivity contribution in [3.05, 3.63) is 29.8 Å². The Morgan fingerprint density at radius 1 is 1.29 bits per heavy atom. The topological polar surface area (TPSA) is 52.7 Å². The molecule has 0 radical (unpaired) electrons. The second-order valence-corrected chi connectivity index (χ2v) is 7.95. The number of hydrogen-bond donors (Lipinski definition) is 1. The first kappa shape index (κ1) is 16.4. The summed E-state index contributed by atoms with van der Waals surface area (Å²) < 4.78 is 25.4. The van der Waals surface area contributed by atoms with E-state index in [1.165, 1.54) is 4.31 Å². The molecule has 0 aliphatic carbocycles. The third kappa shape index (κ3) is 3.45. The van der Waals surface area contributed by atoms with Crippen LogP contribution in [0.1, 0.15) is 24.9 Å². The van der Waals surface area contributed by atoms with Gasteiger partial charge in [0.1, 0.15) is 0 Å². The highest BCUT2D eigenvalue weighted by Crippen LogP contribution is 2.26. The molecule has 21 heavy (non-hydrogen) atoms. The molecule has 1 aliphatic heterocycles. The van der Waals surface area contributed by atoms with Crippen LogP contribution in [0.4, 0.5) is 0 Å². The molecule has 2 unspecified atom stereocenters. The summed E-state index contributed by atoms with van der Waals surface area (Å²) in [5, 5.41) is 3.32. The maximum absolute atomic E-state index is 12.1. The molecule has 6 heteroatoms. The maximum atomic E-state index is 12.1. The summed E-state index contributed by atoms with van der Waals surface area (Å²) in [5.74, 6) is 0. The molecule has 1 fully saturated rings. The molecule has 1 aromatic rings. The quantitative estimate of drug-likeness (QED) is 0.890. The summed E-state index contributed by atoms with van der Waals surface area (Å²) in [6.07, 6.45) is 1.16. The predicted molar refractivity (Wildman–Crippen MR) is 84.8 cm³/mol. The molecule has 2 rings (SSSR count). The van der Waals surface area contributed by atoms with Gasteiger partial charge in [-0.25, -0.2) is 12.7 Å². The van der Waals surface area contributed by atoms with Gasteiger partial charge in [0.05, 0.1) is 4.90 Å². The van der Waals surface area contributed by atoms with Crippen molar-refractivity contribution in [1.82, 2.24) is 14.5 Å². The second-order valence-electron chi connectivity index (χ2n) is 5.80. The van der Waals surface area contributed by atoms with Gasteiger partial charge in [0.2, 0.25) is 10.0 Å². The van der Waals surface area contributed by atoms with Gasteiger partial charge in [0, 0.05) is 39.3 Å². The van der Waals surface area contributed by atoms with Gasteiger partial charge in [-0.1, -0.05) is 12.1 Å². The lowest BCUT2D eigenvalue weighted by Crippen LogP contribution is -2.31. The van der Waals surface area contributed by atoms with Crippen molar-refractivity contribution >= 4 is 10.0 Å². The van der Waals surface area contributed by atoms with Gasteiger partial charge >= 0.3 is 0 Å². The van der Waals surface area contributed by atoms with E-state index in [4.69, 9.17) is 0 Å². The predicted octanol–water partition coefficient (Wildman–Crippen LogP) is 1.29. The lowest BCUT2D eigenvalue weighted by atomic mass is 10.1. The largest absolute Gasteiger partial charge is 0.316 e. The number of nitrogens with zero attached hydrogens (tertiary/aromatic N) is 2. The molecular weight excluding hydrogens is 286 g/mol. The molecule has 1 heterocycles. The van der Waals surface area contributed by atoms with Crippen molar-refractivity contribution in [1.29, 1.82) is 0 Å². The van der Waals surface area contributed by atoms with Crippen LogP contribution in [0.15, 0.2) is 29.2 Å². The Kier molecular flexibility index (Phi) is 5.03. The van der Waals surface area contributed by atoms with Gasteiger partial charge in [0.15, 0.2) is 0 Å². The smallest absolute Gasteiger partial charge is 0.242 e. The normalized spacial score (nSPS) is 21.9. The zero-order valence-electron chi connectivity index (χ0n) is 13.2. The van der Waals surface area contributed by atoms with Crippen LogP contribution in [0.25, 0.3) is 0 Å². The van der Waals surface area contributed by atoms with E-state index in [0.717, 1.165) is 25.1 Å². The Morgan fingerprint density at radius 3 is 2.38 bits per heavy atom. The van der Waals surface area contributed by atoms with Gasteiger partial charge in [-0.2, -0.15) is 0 Å². The van der Waals surface area contributed by atoms with Crippen LogP contribution in [-0.2, 0) is 10.0 Å². The molecule has 0 spiro atoms. The molecule has 0 bridgehead atoms. The van der Waals surface area contributed by atoms with Crippen LogP contribution < -0.4 is 5.32 Å².